The molecule has 3 heterocycles. The van der Waals surface area contributed by atoms with Crippen LogP contribution in [-0.2, 0) is 19.0 Å². The third-order valence-corrected chi connectivity index (χ3v) is 6.24. The van der Waals surface area contributed by atoms with Crippen molar-refractivity contribution in [2.24, 2.45) is 0 Å². The lowest BCUT2D eigenvalue weighted by Gasteiger charge is -2.10. The van der Waals surface area contributed by atoms with Gasteiger partial charge in [0, 0.05) is 17.5 Å². The van der Waals surface area contributed by atoms with Crippen LogP contribution in [0.2, 0.25) is 0 Å². The highest BCUT2D eigenvalue weighted by Crippen LogP contribution is 2.34. The van der Waals surface area contributed by atoms with Crippen LogP contribution >= 0.6 is 11.3 Å². The van der Waals surface area contributed by atoms with Crippen LogP contribution in [0.1, 0.15) is 40.0 Å². The molecule has 1 aromatic carbocycles. The summed E-state index contributed by atoms with van der Waals surface area (Å²) in [6.07, 6.45) is -2.36. The van der Waals surface area contributed by atoms with Gasteiger partial charge in [0.2, 0.25) is 0 Å². The minimum Gasteiger partial charge on any atom is -0.351 e. The molecule has 166 valence electrons. The zero-order valence-electron chi connectivity index (χ0n) is 17.3. The molecule has 0 saturated heterocycles. The highest BCUT2D eigenvalue weighted by atomic mass is 32.1. The number of hydrogen-bond acceptors (Lipinski definition) is 4. The Morgan fingerprint density at radius 1 is 1.12 bits per heavy atom. The first kappa shape index (κ1) is 22.0. The Bertz CT molecular complexity index is 1230. The molecule has 9 heteroatoms. The molecule has 0 aliphatic rings. The van der Waals surface area contributed by atoms with Gasteiger partial charge in [-0.15, -0.1) is 11.3 Å². The minimum atomic E-state index is -4.64. The van der Waals surface area contributed by atoms with E-state index >= 15 is 0 Å². The van der Waals surface area contributed by atoms with Crippen molar-refractivity contribution < 1.29 is 18.0 Å². The molecule has 0 spiro atoms. The van der Waals surface area contributed by atoms with Gasteiger partial charge in [-0.05, 0) is 43.0 Å². The maximum atomic E-state index is 13.7. The van der Waals surface area contributed by atoms with E-state index in [1.807, 2.05) is 43.3 Å². The van der Waals surface area contributed by atoms with Gasteiger partial charge in [0.15, 0.2) is 17.0 Å². The Labute approximate surface area is 186 Å². The largest absolute Gasteiger partial charge is 0.433 e. The maximum absolute atomic E-state index is 13.7. The quantitative estimate of drug-likeness (QED) is 0.377. The van der Waals surface area contributed by atoms with Crippen LogP contribution in [0.25, 0.3) is 16.2 Å². The molecule has 0 bridgehead atoms. The van der Waals surface area contributed by atoms with Crippen LogP contribution < -0.4 is 5.32 Å². The van der Waals surface area contributed by atoms with Gasteiger partial charge in [-0.2, -0.15) is 18.3 Å². The van der Waals surface area contributed by atoms with Crippen LogP contribution in [0.3, 0.4) is 0 Å². The summed E-state index contributed by atoms with van der Waals surface area (Å²) in [5.74, 6) is -0.525. The summed E-state index contributed by atoms with van der Waals surface area (Å²) >= 11 is 1.40. The highest BCUT2D eigenvalue weighted by molar-refractivity contribution is 7.15. The number of amides is 1. The van der Waals surface area contributed by atoms with E-state index in [1.54, 1.807) is 6.07 Å². The van der Waals surface area contributed by atoms with Gasteiger partial charge in [-0.25, -0.2) is 9.50 Å². The van der Waals surface area contributed by atoms with Crippen molar-refractivity contribution in [2.75, 3.05) is 6.54 Å². The minimum absolute atomic E-state index is 0.0179. The Kier molecular flexibility index (Phi) is 6.27. The molecule has 0 aliphatic heterocycles. The van der Waals surface area contributed by atoms with E-state index in [-0.39, 0.29) is 17.0 Å². The molecular weight excluding hydrogens is 437 g/mol. The first-order chi connectivity index (χ1) is 15.3. The molecule has 1 amide bonds. The van der Waals surface area contributed by atoms with Crippen molar-refractivity contribution >= 4 is 22.9 Å². The number of nitrogens with zero attached hydrogens (tertiary/aromatic N) is 3. The molecule has 0 unspecified atom stereocenters. The predicted molar refractivity (Wildman–Crippen MR) is 118 cm³/mol. The lowest BCUT2D eigenvalue weighted by Crippen LogP contribution is -2.25. The molecule has 0 aliphatic carbocycles. The zero-order chi connectivity index (χ0) is 22.7. The number of hydrogen-bond donors (Lipinski definition) is 1. The standard InChI is InChI=1S/C23H21F3N4OS/c1-2-16-10-11-19(32-16)17-13-20(23(24,25)26)30-21(28-17)14-18(29-30)22(31)27-12-6-9-15-7-4-3-5-8-15/h3-5,7-8,10-11,13-14H,2,6,9,12H2,1H3,(H,27,31). The van der Waals surface area contributed by atoms with Crippen LogP contribution in [0.15, 0.2) is 54.6 Å². The van der Waals surface area contributed by atoms with Crippen molar-refractivity contribution in [3.63, 3.8) is 0 Å². The van der Waals surface area contributed by atoms with Crippen LogP contribution in [-0.4, -0.2) is 27.0 Å². The average Bonchev–Trinajstić information content (AvgIpc) is 3.43. The van der Waals surface area contributed by atoms with Crippen LogP contribution in [0, 0.1) is 0 Å². The molecule has 0 saturated carbocycles. The van der Waals surface area contributed by atoms with E-state index in [0.717, 1.165) is 29.3 Å². The van der Waals surface area contributed by atoms with E-state index in [0.29, 0.717) is 22.4 Å². The van der Waals surface area contributed by atoms with Crippen LogP contribution in [0.5, 0.6) is 0 Å². The fourth-order valence-corrected chi connectivity index (χ4v) is 4.26. The van der Waals surface area contributed by atoms with Crippen LogP contribution in [0.4, 0.5) is 13.2 Å². The van der Waals surface area contributed by atoms with E-state index in [2.05, 4.69) is 15.4 Å². The number of alkyl halides is 3. The summed E-state index contributed by atoms with van der Waals surface area (Å²) < 4.78 is 41.8. The monoisotopic (exact) mass is 458 g/mol. The average molecular weight is 459 g/mol. The smallest absolute Gasteiger partial charge is 0.351 e. The number of nitrogens with one attached hydrogen (secondary N) is 1. The number of carbonyl (C=O) groups excluding carboxylic acids is 1. The number of carbonyl (C=O) groups is 1. The second-order valence-electron chi connectivity index (χ2n) is 7.29. The normalized spacial score (nSPS) is 11.8. The maximum Gasteiger partial charge on any atom is 0.433 e. The van der Waals surface area contributed by atoms with Gasteiger partial charge in [-0.3, -0.25) is 4.79 Å². The van der Waals surface area contributed by atoms with Gasteiger partial charge in [0.1, 0.15) is 0 Å². The molecule has 32 heavy (non-hydrogen) atoms. The first-order valence-electron chi connectivity index (χ1n) is 10.2. The molecule has 3 aromatic heterocycles. The Morgan fingerprint density at radius 3 is 2.59 bits per heavy atom. The SMILES string of the molecule is CCc1ccc(-c2cc(C(F)(F)F)n3nc(C(=O)NCCCc4ccccc4)cc3n2)s1. The van der Waals surface area contributed by atoms with Crippen molar-refractivity contribution in [3.8, 4) is 10.6 Å². The fraction of sp³-hybridized carbons (Fsp3) is 0.261. The number of thiophene rings is 1. The van der Waals surface area contributed by atoms with E-state index in [9.17, 15) is 18.0 Å². The molecule has 4 aromatic rings. The summed E-state index contributed by atoms with van der Waals surface area (Å²) in [6.45, 7) is 2.37. The summed E-state index contributed by atoms with van der Waals surface area (Å²) in [7, 11) is 0. The fourth-order valence-electron chi connectivity index (χ4n) is 3.35. The predicted octanol–water partition coefficient (Wildman–Crippen LogP) is 5.40. The molecule has 0 atom stereocenters. The molecule has 0 fully saturated rings. The molecule has 5 nitrogen and oxygen atoms in total. The summed E-state index contributed by atoms with van der Waals surface area (Å²) in [4.78, 5) is 18.5. The van der Waals surface area contributed by atoms with Gasteiger partial charge < -0.3 is 5.32 Å². The van der Waals surface area contributed by atoms with Gasteiger partial charge in [0.05, 0.1) is 10.6 Å². The number of aromatic nitrogens is 3. The number of halogens is 3. The van der Waals surface area contributed by atoms with E-state index in [4.69, 9.17) is 0 Å². The lowest BCUT2D eigenvalue weighted by molar-refractivity contribution is -0.142. The van der Waals surface area contributed by atoms with Crippen molar-refractivity contribution in [1.29, 1.82) is 0 Å². The number of benzene rings is 1. The second-order valence-corrected chi connectivity index (χ2v) is 8.46. The van der Waals surface area contributed by atoms with Gasteiger partial charge >= 0.3 is 6.18 Å². The lowest BCUT2D eigenvalue weighted by atomic mass is 10.1. The van der Waals surface area contributed by atoms with Gasteiger partial charge in [0.25, 0.3) is 5.91 Å². The number of fused-ring (bicyclic) bond motifs is 1. The Balaban J connectivity index is 1.55. The van der Waals surface area contributed by atoms with Crippen molar-refractivity contribution in [2.45, 2.75) is 32.4 Å². The summed E-state index contributed by atoms with van der Waals surface area (Å²) in [6, 6.07) is 15.7. The molecule has 0 radical (unpaired) electrons. The second kappa shape index (κ2) is 9.12. The third kappa shape index (κ3) is 4.83. The molecule has 1 N–H and O–H groups in total. The Morgan fingerprint density at radius 2 is 1.91 bits per heavy atom. The van der Waals surface area contributed by atoms with Crippen molar-refractivity contribution in [3.05, 3.63) is 76.4 Å². The molecular formula is C23H21F3N4OS. The highest BCUT2D eigenvalue weighted by Gasteiger charge is 2.35. The summed E-state index contributed by atoms with van der Waals surface area (Å²) in [5.41, 5.74) is 0.285. The zero-order valence-corrected chi connectivity index (χ0v) is 18.1. The Hall–Kier alpha value is -3.20. The summed E-state index contributed by atoms with van der Waals surface area (Å²) in [5, 5.41) is 6.62. The van der Waals surface area contributed by atoms with E-state index < -0.39 is 17.8 Å². The molecule has 4 rings (SSSR count). The topological polar surface area (TPSA) is 59.3 Å². The van der Waals surface area contributed by atoms with Crippen molar-refractivity contribution in [1.82, 2.24) is 19.9 Å². The van der Waals surface area contributed by atoms with Gasteiger partial charge in [-0.1, -0.05) is 37.3 Å². The first-order valence-corrected chi connectivity index (χ1v) is 11.1. The number of rotatable bonds is 7. The number of aryl methyl sites for hydroxylation is 2. The van der Waals surface area contributed by atoms with E-state index in [1.165, 1.54) is 17.4 Å². The third-order valence-electron chi connectivity index (χ3n) is 4.98.